The first-order valence-corrected chi connectivity index (χ1v) is 6.36. The lowest BCUT2D eigenvalue weighted by atomic mass is 10.2. The zero-order valence-electron chi connectivity index (χ0n) is 10.6. The summed E-state index contributed by atoms with van der Waals surface area (Å²) >= 11 is 0. The van der Waals surface area contributed by atoms with E-state index in [1.54, 1.807) is 24.3 Å². The van der Waals surface area contributed by atoms with Gasteiger partial charge in [-0.25, -0.2) is 4.79 Å². The van der Waals surface area contributed by atoms with Crippen LogP contribution in [0.3, 0.4) is 0 Å². The molecule has 1 aliphatic rings. The normalized spacial score (nSPS) is 16.3. The second-order valence-electron chi connectivity index (χ2n) is 4.76. The topological polar surface area (TPSA) is 58.6 Å². The van der Waals surface area contributed by atoms with E-state index in [4.69, 9.17) is 9.84 Å². The zero-order chi connectivity index (χ0) is 13.0. The van der Waals surface area contributed by atoms with Gasteiger partial charge in [-0.05, 0) is 49.9 Å². The summed E-state index contributed by atoms with van der Waals surface area (Å²) in [7, 11) is 0. The number of carboxylic acids is 1. The number of hydrogen-bond acceptors (Lipinski definition) is 3. The fourth-order valence-corrected chi connectivity index (χ4v) is 1.91. The van der Waals surface area contributed by atoms with Crippen LogP contribution in [0.2, 0.25) is 0 Å². The molecule has 0 aliphatic heterocycles. The van der Waals surface area contributed by atoms with Crippen molar-refractivity contribution in [3.05, 3.63) is 29.8 Å². The summed E-state index contributed by atoms with van der Waals surface area (Å²) in [5.74, 6) is 0.641. The highest BCUT2D eigenvalue weighted by molar-refractivity contribution is 5.87. The average molecular weight is 249 g/mol. The van der Waals surface area contributed by atoms with Gasteiger partial charge in [0.25, 0.3) is 0 Å². The molecule has 1 unspecified atom stereocenters. The van der Waals surface area contributed by atoms with Gasteiger partial charge in [-0.2, -0.15) is 0 Å². The van der Waals surface area contributed by atoms with Gasteiger partial charge >= 0.3 is 5.97 Å². The van der Waals surface area contributed by atoms with Crippen molar-refractivity contribution in [2.24, 2.45) is 5.92 Å². The number of ether oxygens (including phenoxy) is 1. The maximum atomic E-state index is 10.7. The number of nitrogens with one attached hydrogen (secondary N) is 1. The first-order valence-electron chi connectivity index (χ1n) is 6.36. The minimum Gasteiger partial charge on any atom is -0.492 e. The van der Waals surface area contributed by atoms with E-state index in [-0.39, 0.29) is 5.56 Å². The quantitative estimate of drug-likeness (QED) is 0.727. The molecule has 4 heteroatoms. The Morgan fingerprint density at radius 3 is 2.67 bits per heavy atom. The van der Waals surface area contributed by atoms with Gasteiger partial charge in [0, 0.05) is 12.6 Å². The lowest BCUT2D eigenvalue weighted by Crippen LogP contribution is -2.31. The van der Waals surface area contributed by atoms with Crippen molar-refractivity contribution in [1.82, 2.24) is 5.32 Å². The molecule has 1 aromatic carbocycles. The van der Waals surface area contributed by atoms with Crippen molar-refractivity contribution < 1.29 is 14.6 Å². The van der Waals surface area contributed by atoms with Crippen LogP contribution in [0.1, 0.15) is 30.1 Å². The molecule has 0 radical (unpaired) electrons. The number of hydrogen-bond donors (Lipinski definition) is 2. The number of benzene rings is 1. The fraction of sp³-hybridized carbons (Fsp3) is 0.500. The summed E-state index contributed by atoms with van der Waals surface area (Å²) < 4.78 is 5.54. The number of carboxylic acid groups (broad SMARTS) is 1. The van der Waals surface area contributed by atoms with Crippen LogP contribution >= 0.6 is 0 Å². The van der Waals surface area contributed by atoms with Crippen molar-refractivity contribution in [3.63, 3.8) is 0 Å². The van der Waals surface area contributed by atoms with Gasteiger partial charge in [-0.1, -0.05) is 0 Å². The van der Waals surface area contributed by atoms with Crippen molar-refractivity contribution in [1.29, 1.82) is 0 Å². The van der Waals surface area contributed by atoms with Gasteiger partial charge < -0.3 is 15.2 Å². The summed E-state index contributed by atoms with van der Waals surface area (Å²) in [4.78, 5) is 10.7. The van der Waals surface area contributed by atoms with E-state index in [9.17, 15) is 4.79 Å². The van der Waals surface area contributed by atoms with E-state index < -0.39 is 5.97 Å². The number of carbonyl (C=O) groups is 1. The number of aromatic carboxylic acids is 1. The Morgan fingerprint density at radius 2 is 2.11 bits per heavy atom. The van der Waals surface area contributed by atoms with Gasteiger partial charge in [-0.15, -0.1) is 0 Å². The van der Waals surface area contributed by atoms with Crippen molar-refractivity contribution in [3.8, 4) is 5.75 Å². The SMILES string of the molecule is CC(NCCOc1ccc(C(=O)O)cc1)C1CC1. The van der Waals surface area contributed by atoms with Gasteiger partial charge in [0.1, 0.15) is 12.4 Å². The van der Waals surface area contributed by atoms with Crippen molar-refractivity contribution >= 4 is 5.97 Å². The minimum atomic E-state index is -0.915. The molecule has 1 aliphatic carbocycles. The summed E-state index contributed by atoms with van der Waals surface area (Å²) in [5.41, 5.74) is 0.280. The summed E-state index contributed by atoms with van der Waals surface area (Å²) in [6.45, 7) is 3.63. The molecular formula is C14H19NO3. The Labute approximate surface area is 107 Å². The van der Waals surface area contributed by atoms with Crippen LogP contribution in [0.25, 0.3) is 0 Å². The molecule has 98 valence electrons. The first-order chi connectivity index (χ1) is 8.66. The Kier molecular flexibility index (Phi) is 4.20. The highest BCUT2D eigenvalue weighted by Crippen LogP contribution is 2.32. The summed E-state index contributed by atoms with van der Waals surface area (Å²) in [6, 6.07) is 7.06. The molecule has 0 aromatic heterocycles. The minimum absolute atomic E-state index is 0.280. The van der Waals surface area contributed by atoms with E-state index in [0.717, 1.165) is 12.5 Å². The molecule has 4 nitrogen and oxygen atoms in total. The second kappa shape index (κ2) is 5.87. The molecule has 1 aromatic rings. The van der Waals surface area contributed by atoms with Crippen molar-refractivity contribution in [2.75, 3.05) is 13.2 Å². The summed E-state index contributed by atoms with van der Waals surface area (Å²) in [6.07, 6.45) is 2.68. The molecule has 0 bridgehead atoms. The van der Waals surface area contributed by atoms with Crippen LogP contribution in [0.4, 0.5) is 0 Å². The van der Waals surface area contributed by atoms with E-state index in [1.165, 1.54) is 12.8 Å². The van der Waals surface area contributed by atoms with Crippen LogP contribution in [-0.4, -0.2) is 30.3 Å². The monoisotopic (exact) mass is 249 g/mol. The molecule has 1 saturated carbocycles. The van der Waals surface area contributed by atoms with Crippen LogP contribution < -0.4 is 10.1 Å². The molecule has 0 amide bonds. The summed E-state index contributed by atoms with van der Waals surface area (Å²) in [5, 5.41) is 12.2. The molecule has 1 atom stereocenters. The number of rotatable bonds is 7. The average Bonchev–Trinajstić information content (AvgIpc) is 3.19. The van der Waals surface area contributed by atoms with Crippen LogP contribution in [-0.2, 0) is 0 Å². The van der Waals surface area contributed by atoms with Gasteiger partial charge in [0.05, 0.1) is 5.56 Å². The highest BCUT2D eigenvalue weighted by atomic mass is 16.5. The largest absolute Gasteiger partial charge is 0.492 e. The first kappa shape index (κ1) is 12.9. The molecule has 2 N–H and O–H groups in total. The van der Waals surface area contributed by atoms with Crippen LogP contribution in [0, 0.1) is 5.92 Å². The fourth-order valence-electron chi connectivity index (χ4n) is 1.91. The predicted octanol–water partition coefficient (Wildman–Crippen LogP) is 2.15. The molecule has 18 heavy (non-hydrogen) atoms. The zero-order valence-corrected chi connectivity index (χ0v) is 10.6. The second-order valence-corrected chi connectivity index (χ2v) is 4.76. The Hall–Kier alpha value is -1.55. The Balaban J connectivity index is 1.67. The maximum Gasteiger partial charge on any atom is 0.335 e. The predicted molar refractivity (Wildman–Crippen MR) is 69.1 cm³/mol. The van der Waals surface area contributed by atoms with E-state index in [1.807, 2.05) is 0 Å². The third-order valence-corrected chi connectivity index (χ3v) is 3.27. The van der Waals surface area contributed by atoms with E-state index >= 15 is 0 Å². The van der Waals surface area contributed by atoms with E-state index in [0.29, 0.717) is 18.4 Å². The molecule has 0 heterocycles. The van der Waals surface area contributed by atoms with Crippen LogP contribution in [0.15, 0.2) is 24.3 Å². The standard InChI is InChI=1S/C14H19NO3/c1-10(11-2-3-11)15-8-9-18-13-6-4-12(5-7-13)14(16)17/h4-7,10-11,15H,2-3,8-9H2,1H3,(H,16,17). The van der Waals surface area contributed by atoms with Gasteiger partial charge in [0.2, 0.25) is 0 Å². The van der Waals surface area contributed by atoms with E-state index in [2.05, 4.69) is 12.2 Å². The lowest BCUT2D eigenvalue weighted by molar-refractivity contribution is 0.0697. The van der Waals surface area contributed by atoms with Crippen molar-refractivity contribution in [2.45, 2.75) is 25.8 Å². The van der Waals surface area contributed by atoms with Gasteiger partial charge in [-0.3, -0.25) is 0 Å². The third kappa shape index (κ3) is 3.74. The maximum absolute atomic E-state index is 10.7. The molecular weight excluding hydrogens is 230 g/mol. The molecule has 0 spiro atoms. The molecule has 2 rings (SSSR count). The smallest absolute Gasteiger partial charge is 0.335 e. The third-order valence-electron chi connectivity index (χ3n) is 3.27. The molecule has 0 saturated heterocycles. The highest BCUT2D eigenvalue weighted by Gasteiger charge is 2.27. The van der Waals surface area contributed by atoms with Crippen LogP contribution in [0.5, 0.6) is 5.75 Å². The van der Waals surface area contributed by atoms with Gasteiger partial charge in [0.15, 0.2) is 0 Å². The lowest BCUT2D eigenvalue weighted by Gasteiger charge is -2.13. The molecule has 1 fully saturated rings. The Bertz CT molecular complexity index is 398. The Morgan fingerprint density at radius 1 is 1.44 bits per heavy atom.